The fourth-order valence-electron chi connectivity index (χ4n) is 4.89. The molecular weight excluding hydrogens is 479 g/mol. The molecule has 0 saturated heterocycles. The molecule has 0 spiro atoms. The maximum atomic E-state index is 12.8. The van der Waals surface area contributed by atoms with Crippen molar-refractivity contribution < 1.29 is 0 Å². The van der Waals surface area contributed by atoms with Gasteiger partial charge in [-0.25, -0.2) is 4.98 Å². The molecule has 0 radical (unpaired) electrons. The van der Waals surface area contributed by atoms with Gasteiger partial charge < -0.3 is 14.5 Å². The maximum Gasteiger partial charge on any atom is 0.251 e. The van der Waals surface area contributed by atoms with Gasteiger partial charge in [0.05, 0.1) is 23.7 Å². The van der Waals surface area contributed by atoms with Crippen LogP contribution in [-0.4, -0.2) is 21.2 Å². The van der Waals surface area contributed by atoms with Crippen molar-refractivity contribution in [3.63, 3.8) is 0 Å². The molecule has 0 unspecified atom stereocenters. The average Bonchev–Trinajstić information content (AvgIpc) is 3.29. The van der Waals surface area contributed by atoms with Gasteiger partial charge in [0.2, 0.25) is 0 Å². The first-order valence-electron chi connectivity index (χ1n) is 11.2. The summed E-state index contributed by atoms with van der Waals surface area (Å²) in [5.74, 6) is 0. The summed E-state index contributed by atoms with van der Waals surface area (Å²) in [5.41, 5.74) is 4.74. The van der Waals surface area contributed by atoms with E-state index in [2.05, 4.69) is 22.4 Å². The van der Waals surface area contributed by atoms with Crippen LogP contribution in [-0.2, 0) is 19.6 Å². The van der Waals surface area contributed by atoms with Gasteiger partial charge in [-0.2, -0.15) is 0 Å². The Bertz CT molecular complexity index is 1600. The van der Waals surface area contributed by atoms with E-state index in [4.69, 9.17) is 23.2 Å². The van der Waals surface area contributed by atoms with Crippen molar-refractivity contribution >= 4 is 34.1 Å². The third-order valence-electron chi connectivity index (χ3n) is 6.67. The standard InChI is InChI=1S/C28H24Cl2N4O/c1-31-28(26-16-32-17-33(26)2,19-7-10-21(29)11-8-19)20-9-12-25-24(14-20)23(15-27(35)34(25)3)18-5-4-6-22(30)13-18/h4-17,31H,1-3H3/t28-/m1/s1. The number of aromatic nitrogens is 3. The van der Waals surface area contributed by atoms with Crippen LogP contribution < -0.4 is 10.9 Å². The van der Waals surface area contributed by atoms with E-state index in [0.717, 1.165) is 38.9 Å². The van der Waals surface area contributed by atoms with Gasteiger partial charge in [-0.1, -0.05) is 53.5 Å². The number of imidazole rings is 1. The van der Waals surface area contributed by atoms with Gasteiger partial charge in [0.1, 0.15) is 5.54 Å². The van der Waals surface area contributed by atoms with Crippen LogP contribution >= 0.6 is 23.2 Å². The lowest BCUT2D eigenvalue weighted by Crippen LogP contribution is -2.43. The van der Waals surface area contributed by atoms with Crippen molar-refractivity contribution in [3.05, 3.63) is 123 Å². The highest BCUT2D eigenvalue weighted by Gasteiger charge is 2.37. The first-order chi connectivity index (χ1) is 16.8. The van der Waals surface area contributed by atoms with E-state index in [1.54, 1.807) is 24.0 Å². The van der Waals surface area contributed by atoms with Crippen molar-refractivity contribution in [2.24, 2.45) is 14.1 Å². The second-order valence-electron chi connectivity index (χ2n) is 8.59. The van der Waals surface area contributed by atoms with Crippen LogP contribution in [0.25, 0.3) is 22.0 Å². The molecule has 0 aliphatic carbocycles. The molecule has 7 heteroatoms. The molecule has 0 aliphatic rings. The second-order valence-corrected chi connectivity index (χ2v) is 9.47. The number of fused-ring (bicyclic) bond motifs is 1. The van der Waals surface area contributed by atoms with E-state index < -0.39 is 5.54 Å². The van der Waals surface area contributed by atoms with Crippen LogP contribution in [0.15, 0.2) is 90.1 Å². The summed E-state index contributed by atoms with van der Waals surface area (Å²) in [7, 11) is 5.70. The van der Waals surface area contributed by atoms with Crippen molar-refractivity contribution in [1.29, 1.82) is 0 Å². The Balaban J connectivity index is 1.87. The molecule has 0 saturated carbocycles. The smallest absolute Gasteiger partial charge is 0.251 e. The monoisotopic (exact) mass is 502 g/mol. The highest BCUT2D eigenvalue weighted by molar-refractivity contribution is 6.31. The summed E-state index contributed by atoms with van der Waals surface area (Å²) < 4.78 is 3.68. The van der Waals surface area contributed by atoms with E-state index in [-0.39, 0.29) is 5.56 Å². The summed E-state index contributed by atoms with van der Waals surface area (Å²) in [6.45, 7) is 0. The molecule has 5 nitrogen and oxygen atoms in total. The van der Waals surface area contributed by atoms with Crippen molar-refractivity contribution in [1.82, 2.24) is 19.4 Å². The van der Waals surface area contributed by atoms with E-state index in [0.29, 0.717) is 10.0 Å². The van der Waals surface area contributed by atoms with Crippen LogP contribution in [0.4, 0.5) is 0 Å². The number of hydrogen-bond donors (Lipinski definition) is 1. The molecule has 0 fully saturated rings. The maximum absolute atomic E-state index is 12.8. The number of hydrogen-bond acceptors (Lipinski definition) is 3. The molecule has 0 bridgehead atoms. The fourth-order valence-corrected chi connectivity index (χ4v) is 5.20. The number of rotatable bonds is 5. The van der Waals surface area contributed by atoms with Gasteiger partial charge in [-0.3, -0.25) is 4.79 Å². The van der Waals surface area contributed by atoms with Crippen molar-refractivity contribution in [2.45, 2.75) is 5.54 Å². The SMILES string of the molecule is CN[C@](c1ccc(Cl)cc1)(c1ccc2c(c1)c(-c1cccc(Cl)c1)cc(=O)n2C)c1cncn1C. The molecule has 176 valence electrons. The molecule has 5 rings (SSSR count). The lowest BCUT2D eigenvalue weighted by molar-refractivity contribution is 0.493. The first-order valence-corrected chi connectivity index (χ1v) is 11.9. The number of halogens is 2. The predicted molar refractivity (Wildman–Crippen MR) is 143 cm³/mol. The summed E-state index contributed by atoms with van der Waals surface area (Å²) in [6, 6.07) is 23.3. The molecule has 2 heterocycles. The van der Waals surface area contributed by atoms with E-state index in [9.17, 15) is 4.79 Å². The first kappa shape index (κ1) is 23.4. The quantitative estimate of drug-likeness (QED) is 0.332. The molecule has 0 amide bonds. The average molecular weight is 503 g/mol. The molecule has 2 aromatic heterocycles. The highest BCUT2D eigenvalue weighted by atomic mass is 35.5. The third-order valence-corrected chi connectivity index (χ3v) is 7.16. The molecular formula is C28H24Cl2N4O. The zero-order valence-electron chi connectivity index (χ0n) is 19.6. The Morgan fingerprint density at radius 2 is 1.63 bits per heavy atom. The number of nitrogens with one attached hydrogen (secondary N) is 1. The molecule has 35 heavy (non-hydrogen) atoms. The zero-order valence-corrected chi connectivity index (χ0v) is 21.1. The lowest BCUT2D eigenvalue weighted by Gasteiger charge is -2.35. The van der Waals surface area contributed by atoms with Gasteiger partial charge in [-0.05, 0) is 65.7 Å². The number of benzene rings is 3. The van der Waals surface area contributed by atoms with Crippen LogP contribution in [0.5, 0.6) is 0 Å². The topological polar surface area (TPSA) is 51.9 Å². The van der Waals surface area contributed by atoms with Gasteiger partial charge in [-0.15, -0.1) is 0 Å². The Labute approximate surface area is 213 Å². The minimum Gasteiger partial charge on any atom is -0.335 e. The largest absolute Gasteiger partial charge is 0.335 e. The van der Waals surface area contributed by atoms with Crippen LogP contribution in [0.2, 0.25) is 10.0 Å². The summed E-state index contributed by atoms with van der Waals surface area (Å²) in [5, 5.41) is 5.81. The van der Waals surface area contributed by atoms with Gasteiger partial charge in [0.15, 0.2) is 0 Å². The van der Waals surface area contributed by atoms with Gasteiger partial charge >= 0.3 is 0 Å². The normalized spacial score (nSPS) is 13.2. The zero-order chi connectivity index (χ0) is 24.7. The van der Waals surface area contributed by atoms with Crippen molar-refractivity contribution in [3.8, 4) is 11.1 Å². The minimum atomic E-state index is -0.718. The van der Waals surface area contributed by atoms with E-state index in [1.165, 1.54) is 0 Å². The summed E-state index contributed by atoms with van der Waals surface area (Å²) >= 11 is 12.5. The summed E-state index contributed by atoms with van der Waals surface area (Å²) in [4.78, 5) is 17.2. The fraction of sp³-hybridized carbons (Fsp3) is 0.143. The molecule has 1 N–H and O–H groups in total. The Morgan fingerprint density at radius 1 is 0.886 bits per heavy atom. The summed E-state index contributed by atoms with van der Waals surface area (Å²) in [6.07, 6.45) is 3.66. The Hall–Kier alpha value is -3.38. The highest BCUT2D eigenvalue weighted by Crippen LogP contribution is 2.39. The third kappa shape index (κ3) is 3.86. The van der Waals surface area contributed by atoms with Crippen LogP contribution in [0.3, 0.4) is 0 Å². The lowest BCUT2D eigenvalue weighted by atomic mass is 9.79. The van der Waals surface area contributed by atoms with Gasteiger partial charge in [0, 0.05) is 35.6 Å². The Kier molecular flexibility index (Phi) is 6.01. The molecule has 0 aliphatic heterocycles. The van der Waals surface area contributed by atoms with E-state index in [1.807, 2.05) is 79.5 Å². The molecule has 5 aromatic rings. The predicted octanol–water partition coefficient (Wildman–Crippen LogP) is 5.76. The number of nitrogens with zero attached hydrogens (tertiary/aromatic N) is 3. The Morgan fingerprint density at radius 3 is 2.29 bits per heavy atom. The molecule has 1 atom stereocenters. The van der Waals surface area contributed by atoms with Crippen molar-refractivity contribution in [2.75, 3.05) is 7.05 Å². The second kappa shape index (κ2) is 9.00. The molecule has 3 aromatic carbocycles. The van der Waals surface area contributed by atoms with E-state index >= 15 is 0 Å². The van der Waals surface area contributed by atoms with Gasteiger partial charge in [0.25, 0.3) is 5.56 Å². The number of aryl methyl sites for hydroxylation is 2. The van der Waals surface area contributed by atoms with Crippen LogP contribution in [0.1, 0.15) is 16.8 Å². The number of pyridine rings is 1. The van der Waals surface area contributed by atoms with Crippen LogP contribution in [0, 0.1) is 0 Å². The minimum absolute atomic E-state index is 0.0792.